The van der Waals surface area contributed by atoms with Crippen molar-refractivity contribution in [2.24, 2.45) is 4.99 Å². The summed E-state index contributed by atoms with van der Waals surface area (Å²) in [6, 6.07) is 0. The maximum atomic E-state index is 9.45. The molecule has 0 fully saturated rings. The Morgan fingerprint density at radius 2 is 2.38 bits per heavy atom. The molecule has 0 aliphatic heterocycles. The average Bonchev–Trinajstić information content (AvgIpc) is 2.12. The minimum atomic E-state index is 0.0925. The topological polar surface area (TPSA) is 54.7 Å². The second-order valence-corrected chi connectivity index (χ2v) is 2.62. The summed E-state index contributed by atoms with van der Waals surface area (Å²) in [4.78, 5) is 7.65. The molecule has 0 unspecified atom stereocenters. The Morgan fingerprint density at radius 3 is 2.92 bits per heavy atom. The Morgan fingerprint density at radius 1 is 1.69 bits per heavy atom. The fraction of sp³-hybridized carbons (Fsp3) is 0.333. The minimum Gasteiger partial charge on any atom is -0.506 e. The molecule has 4 heteroatoms. The number of aryl methyl sites for hydroxylation is 1. The van der Waals surface area contributed by atoms with Gasteiger partial charge in [-0.2, -0.15) is 0 Å². The van der Waals surface area contributed by atoms with Gasteiger partial charge in [0.05, 0.1) is 31.1 Å². The standard InChI is InChI=1S/C9H12N2O2/c1-6-9(13-3)7(4-10-2)8(12)5-11-6/h5,12H,2,4H2,1,3H3. The van der Waals surface area contributed by atoms with Crippen molar-refractivity contribution in [2.45, 2.75) is 13.5 Å². The molecule has 4 nitrogen and oxygen atoms in total. The molecular weight excluding hydrogens is 168 g/mol. The van der Waals surface area contributed by atoms with Crippen LogP contribution in [0.2, 0.25) is 0 Å². The first-order valence-electron chi connectivity index (χ1n) is 3.84. The van der Waals surface area contributed by atoms with Gasteiger partial charge in [-0.25, -0.2) is 0 Å². The molecule has 0 atom stereocenters. The normalized spacial score (nSPS) is 9.69. The van der Waals surface area contributed by atoms with Crippen LogP contribution in [0, 0.1) is 6.92 Å². The second kappa shape index (κ2) is 3.89. The van der Waals surface area contributed by atoms with E-state index in [2.05, 4.69) is 16.7 Å². The predicted molar refractivity (Wildman–Crippen MR) is 50.4 cm³/mol. The quantitative estimate of drug-likeness (QED) is 0.713. The lowest BCUT2D eigenvalue weighted by atomic mass is 10.2. The Hall–Kier alpha value is -1.58. The first-order chi connectivity index (χ1) is 6.20. The van der Waals surface area contributed by atoms with Crippen LogP contribution in [-0.2, 0) is 6.54 Å². The molecule has 1 N–H and O–H groups in total. The summed E-state index contributed by atoms with van der Waals surface area (Å²) in [6.45, 7) is 5.51. The second-order valence-electron chi connectivity index (χ2n) is 2.62. The van der Waals surface area contributed by atoms with Gasteiger partial charge in [-0.15, -0.1) is 0 Å². The number of aromatic nitrogens is 1. The van der Waals surface area contributed by atoms with E-state index in [1.165, 1.54) is 13.3 Å². The van der Waals surface area contributed by atoms with Crippen LogP contribution in [0.1, 0.15) is 11.3 Å². The van der Waals surface area contributed by atoms with Crippen molar-refractivity contribution in [3.05, 3.63) is 17.5 Å². The lowest BCUT2D eigenvalue weighted by Crippen LogP contribution is -1.96. The summed E-state index contributed by atoms with van der Waals surface area (Å²) in [5.41, 5.74) is 1.36. The summed E-state index contributed by atoms with van der Waals surface area (Å²) in [5, 5.41) is 9.45. The molecule has 13 heavy (non-hydrogen) atoms. The van der Waals surface area contributed by atoms with E-state index < -0.39 is 0 Å². The van der Waals surface area contributed by atoms with Gasteiger partial charge in [0.2, 0.25) is 0 Å². The van der Waals surface area contributed by atoms with E-state index in [9.17, 15) is 5.11 Å². The van der Waals surface area contributed by atoms with E-state index in [1.807, 2.05) is 6.92 Å². The number of ether oxygens (including phenoxy) is 1. The minimum absolute atomic E-state index is 0.0925. The molecule has 0 amide bonds. The van der Waals surface area contributed by atoms with Crippen LogP contribution in [0.3, 0.4) is 0 Å². The van der Waals surface area contributed by atoms with E-state index in [0.29, 0.717) is 17.9 Å². The van der Waals surface area contributed by atoms with Gasteiger partial charge in [-0.05, 0) is 13.6 Å². The van der Waals surface area contributed by atoms with Crippen LogP contribution < -0.4 is 4.74 Å². The number of rotatable bonds is 3. The van der Waals surface area contributed by atoms with Gasteiger partial charge in [0.1, 0.15) is 11.5 Å². The van der Waals surface area contributed by atoms with Gasteiger partial charge in [0.25, 0.3) is 0 Å². The van der Waals surface area contributed by atoms with Crippen molar-refractivity contribution in [1.82, 2.24) is 4.98 Å². The lowest BCUT2D eigenvalue weighted by molar-refractivity contribution is 0.393. The molecule has 1 heterocycles. The van der Waals surface area contributed by atoms with Gasteiger partial charge < -0.3 is 9.84 Å². The first kappa shape index (κ1) is 9.51. The third kappa shape index (κ3) is 1.77. The Kier molecular flexibility index (Phi) is 2.84. The molecule has 0 radical (unpaired) electrons. The molecule has 1 rings (SSSR count). The number of nitrogens with zero attached hydrogens (tertiary/aromatic N) is 2. The molecule has 1 aromatic heterocycles. The maximum absolute atomic E-state index is 9.45. The van der Waals surface area contributed by atoms with Crippen molar-refractivity contribution in [2.75, 3.05) is 7.11 Å². The van der Waals surface area contributed by atoms with Crippen LogP contribution in [0.15, 0.2) is 11.2 Å². The van der Waals surface area contributed by atoms with Gasteiger partial charge in [0.15, 0.2) is 0 Å². The molecule has 0 aromatic carbocycles. The lowest BCUT2D eigenvalue weighted by Gasteiger charge is -2.09. The molecule has 0 aliphatic rings. The summed E-state index contributed by atoms with van der Waals surface area (Å²) in [5.74, 6) is 0.669. The van der Waals surface area contributed by atoms with Gasteiger partial charge >= 0.3 is 0 Å². The van der Waals surface area contributed by atoms with Crippen molar-refractivity contribution in [3.63, 3.8) is 0 Å². The zero-order chi connectivity index (χ0) is 9.84. The molecular formula is C9H12N2O2. The van der Waals surface area contributed by atoms with Crippen LogP contribution in [0.4, 0.5) is 0 Å². The van der Waals surface area contributed by atoms with E-state index in [1.54, 1.807) is 0 Å². The fourth-order valence-electron chi connectivity index (χ4n) is 1.16. The molecule has 0 spiro atoms. The van der Waals surface area contributed by atoms with Crippen LogP contribution in [0.5, 0.6) is 11.5 Å². The third-order valence-corrected chi connectivity index (χ3v) is 1.77. The van der Waals surface area contributed by atoms with Crippen molar-refractivity contribution in [1.29, 1.82) is 0 Å². The highest BCUT2D eigenvalue weighted by Crippen LogP contribution is 2.29. The largest absolute Gasteiger partial charge is 0.506 e. The molecule has 0 saturated carbocycles. The number of methoxy groups -OCH3 is 1. The summed E-state index contributed by atoms with van der Waals surface area (Å²) < 4.78 is 5.10. The molecule has 0 saturated heterocycles. The highest BCUT2D eigenvalue weighted by molar-refractivity contribution is 5.45. The van der Waals surface area contributed by atoms with Crippen molar-refractivity contribution >= 4 is 6.72 Å². The van der Waals surface area contributed by atoms with E-state index in [-0.39, 0.29) is 5.75 Å². The summed E-state index contributed by atoms with van der Waals surface area (Å²) in [7, 11) is 1.54. The third-order valence-electron chi connectivity index (χ3n) is 1.77. The molecule has 1 aromatic rings. The highest BCUT2D eigenvalue weighted by Gasteiger charge is 2.11. The number of hydrogen-bond acceptors (Lipinski definition) is 4. The van der Waals surface area contributed by atoms with E-state index in [4.69, 9.17) is 4.74 Å². The zero-order valence-corrected chi connectivity index (χ0v) is 7.74. The summed E-state index contributed by atoms with van der Waals surface area (Å²) in [6.07, 6.45) is 1.39. The van der Waals surface area contributed by atoms with Crippen LogP contribution in [-0.4, -0.2) is 23.9 Å². The molecule has 0 bridgehead atoms. The summed E-state index contributed by atoms with van der Waals surface area (Å²) >= 11 is 0. The van der Waals surface area contributed by atoms with E-state index in [0.717, 1.165) is 5.69 Å². The molecule has 0 aliphatic carbocycles. The van der Waals surface area contributed by atoms with Gasteiger partial charge in [-0.1, -0.05) is 0 Å². The first-order valence-corrected chi connectivity index (χ1v) is 3.84. The van der Waals surface area contributed by atoms with Crippen LogP contribution >= 0.6 is 0 Å². The van der Waals surface area contributed by atoms with Crippen molar-refractivity contribution < 1.29 is 9.84 Å². The fourth-order valence-corrected chi connectivity index (χ4v) is 1.16. The van der Waals surface area contributed by atoms with Crippen LogP contribution in [0.25, 0.3) is 0 Å². The van der Waals surface area contributed by atoms with E-state index >= 15 is 0 Å². The van der Waals surface area contributed by atoms with Gasteiger partial charge in [-0.3, -0.25) is 9.98 Å². The number of aliphatic imine (C=N–C) groups is 1. The average molecular weight is 180 g/mol. The number of pyridine rings is 1. The van der Waals surface area contributed by atoms with Crippen molar-refractivity contribution in [3.8, 4) is 11.5 Å². The monoisotopic (exact) mass is 180 g/mol. The Balaban J connectivity index is 3.25. The Bertz CT molecular complexity index is 324. The van der Waals surface area contributed by atoms with Gasteiger partial charge in [0, 0.05) is 0 Å². The SMILES string of the molecule is C=NCc1c(O)cnc(C)c1OC. The maximum Gasteiger partial charge on any atom is 0.148 e. The number of hydrogen-bond donors (Lipinski definition) is 1. The zero-order valence-electron chi connectivity index (χ0n) is 7.74. The predicted octanol–water partition coefficient (Wildman–Crippen LogP) is 1.30. The molecule has 70 valence electrons. The number of aromatic hydroxyl groups is 1. The Labute approximate surface area is 76.9 Å². The highest BCUT2D eigenvalue weighted by atomic mass is 16.5. The smallest absolute Gasteiger partial charge is 0.148 e.